The third kappa shape index (κ3) is 3.62. The van der Waals surface area contributed by atoms with E-state index in [9.17, 15) is 4.79 Å². The molecule has 6 heteroatoms. The van der Waals surface area contributed by atoms with Gasteiger partial charge in [-0.15, -0.1) is 12.4 Å². The van der Waals surface area contributed by atoms with Crippen LogP contribution >= 0.6 is 12.4 Å². The normalized spacial score (nSPS) is 22.2. The molecule has 0 radical (unpaired) electrons. The van der Waals surface area contributed by atoms with Crippen molar-refractivity contribution >= 4 is 18.3 Å². The highest BCUT2D eigenvalue weighted by atomic mass is 35.5. The summed E-state index contributed by atoms with van der Waals surface area (Å²) in [7, 11) is 1.65. The highest BCUT2D eigenvalue weighted by molar-refractivity contribution is 5.91. The van der Waals surface area contributed by atoms with Gasteiger partial charge in [-0.25, -0.2) is 0 Å². The molecule has 1 unspecified atom stereocenters. The Bertz CT molecular complexity index is 529. The van der Waals surface area contributed by atoms with E-state index in [1.54, 1.807) is 7.11 Å². The third-order valence-electron chi connectivity index (χ3n) is 4.72. The number of nitrogens with zero attached hydrogens (tertiary/aromatic N) is 1. The minimum atomic E-state index is -0.323. The van der Waals surface area contributed by atoms with E-state index in [1.807, 2.05) is 29.2 Å². The molecule has 23 heavy (non-hydrogen) atoms. The molecule has 1 saturated carbocycles. The summed E-state index contributed by atoms with van der Waals surface area (Å²) in [5.74, 6) is 1.06. The molecule has 3 rings (SSSR count). The Kier molecular flexibility index (Phi) is 5.89. The van der Waals surface area contributed by atoms with Crippen LogP contribution in [0.3, 0.4) is 0 Å². The molecular weight excluding hydrogens is 316 g/mol. The Morgan fingerprint density at radius 1 is 1.39 bits per heavy atom. The number of hydrogen-bond acceptors (Lipinski definition) is 4. The van der Waals surface area contributed by atoms with E-state index in [4.69, 9.17) is 15.2 Å². The summed E-state index contributed by atoms with van der Waals surface area (Å²) in [5.41, 5.74) is 6.38. The van der Waals surface area contributed by atoms with Gasteiger partial charge in [0.2, 0.25) is 5.91 Å². The lowest BCUT2D eigenvalue weighted by atomic mass is 9.93. The Morgan fingerprint density at radius 3 is 2.65 bits per heavy atom. The average molecular weight is 341 g/mol. The summed E-state index contributed by atoms with van der Waals surface area (Å²) in [6.45, 7) is 2.54. The number of nitrogens with two attached hydrogens (primary N) is 1. The van der Waals surface area contributed by atoms with Gasteiger partial charge in [0, 0.05) is 13.1 Å². The van der Waals surface area contributed by atoms with E-state index in [0.29, 0.717) is 26.2 Å². The smallest absolute Gasteiger partial charge is 0.233 e. The summed E-state index contributed by atoms with van der Waals surface area (Å²) < 4.78 is 10.9. The lowest BCUT2D eigenvalue weighted by Crippen LogP contribution is -2.49. The fourth-order valence-corrected chi connectivity index (χ4v) is 3.23. The lowest BCUT2D eigenvalue weighted by Gasteiger charge is -2.35. The summed E-state index contributed by atoms with van der Waals surface area (Å²) in [5, 5.41) is 0. The molecule has 1 atom stereocenters. The highest BCUT2D eigenvalue weighted by Crippen LogP contribution is 2.50. The standard InChI is InChI=1S/C17H24N2O3.ClH/c1-21-14-4-2-13(3-5-14)17(7-8-17)16(20)19-10-11-22-15(12-19)6-9-18;/h2-5,15H,6-12,18H2,1H3;1H. The van der Waals surface area contributed by atoms with Crippen LogP contribution in [0.15, 0.2) is 24.3 Å². The number of halogens is 1. The fourth-order valence-electron chi connectivity index (χ4n) is 3.23. The Morgan fingerprint density at radius 2 is 2.09 bits per heavy atom. The molecule has 1 heterocycles. The number of amides is 1. The number of carbonyl (C=O) groups is 1. The van der Waals surface area contributed by atoms with Crippen molar-refractivity contribution < 1.29 is 14.3 Å². The minimum absolute atomic E-state index is 0. The summed E-state index contributed by atoms with van der Waals surface area (Å²) in [6.07, 6.45) is 2.74. The molecule has 1 saturated heterocycles. The topological polar surface area (TPSA) is 64.8 Å². The zero-order chi connectivity index (χ0) is 15.6. The number of rotatable bonds is 5. The molecule has 1 aromatic rings. The predicted octanol–water partition coefficient (Wildman–Crippen LogP) is 1.72. The monoisotopic (exact) mass is 340 g/mol. The quantitative estimate of drug-likeness (QED) is 0.886. The molecule has 2 fully saturated rings. The van der Waals surface area contributed by atoms with Crippen LogP contribution in [0.2, 0.25) is 0 Å². The van der Waals surface area contributed by atoms with Crippen molar-refractivity contribution in [3.63, 3.8) is 0 Å². The molecule has 2 N–H and O–H groups in total. The van der Waals surface area contributed by atoms with Gasteiger partial charge in [-0.2, -0.15) is 0 Å². The number of ether oxygens (including phenoxy) is 2. The number of hydrogen-bond donors (Lipinski definition) is 1. The first kappa shape index (κ1) is 18.0. The average Bonchev–Trinajstić information content (AvgIpc) is 3.37. The van der Waals surface area contributed by atoms with Crippen LogP contribution in [0.25, 0.3) is 0 Å². The second-order valence-corrected chi connectivity index (χ2v) is 6.13. The lowest BCUT2D eigenvalue weighted by molar-refractivity contribution is -0.141. The molecule has 0 bridgehead atoms. The van der Waals surface area contributed by atoms with Crippen molar-refractivity contribution in [3.8, 4) is 5.75 Å². The van der Waals surface area contributed by atoms with Gasteiger partial charge in [-0.1, -0.05) is 12.1 Å². The first-order chi connectivity index (χ1) is 10.7. The maximum Gasteiger partial charge on any atom is 0.233 e. The zero-order valence-corrected chi connectivity index (χ0v) is 14.3. The molecule has 1 aromatic carbocycles. The Labute approximate surface area is 143 Å². The van der Waals surface area contributed by atoms with Gasteiger partial charge >= 0.3 is 0 Å². The van der Waals surface area contributed by atoms with Crippen LogP contribution in [0, 0.1) is 0 Å². The van der Waals surface area contributed by atoms with E-state index >= 15 is 0 Å². The van der Waals surface area contributed by atoms with Gasteiger partial charge in [0.1, 0.15) is 5.75 Å². The molecule has 1 amide bonds. The van der Waals surface area contributed by atoms with E-state index < -0.39 is 0 Å². The van der Waals surface area contributed by atoms with Gasteiger partial charge < -0.3 is 20.1 Å². The second-order valence-electron chi connectivity index (χ2n) is 6.13. The first-order valence-electron chi connectivity index (χ1n) is 7.95. The molecular formula is C17H25ClN2O3. The largest absolute Gasteiger partial charge is 0.497 e. The van der Waals surface area contributed by atoms with Crippen molar-refractivity contribution in [2.45, 2.75) is 30.8 Å². The van der Waals surface area contributed by atoms with Crippen molar-refractivity contribution in [1.82, 2.24) is 4.90 Å². The van der Waals surface area contributed by atoms with Crippen molar-refractivity contribution in [2.75, 3.05) is 33.4 Å². The van der Waals surface area contributed by atoms with Crippen molar-refractivity contribution in [3.05, 3.63) is 29.8 Å². The maximum absolute atomic E-state index is 13.0. The third-order valence-corrected chi connectivity index (χ3v) is 4.72. The van der Waals surface area contributed by atoms with Crippen LogP contribution in [-0.4, -0.2) is 50.3 Å². The fraction of sp³-hybridized carbons (Fsp3) is 0.588. The van der Waals surface area contributed by atoms with Gasteiger partial charge in [-0.05, 0) is 43.5 Å². The SMILES string of the molecule is COc1ccc(C2(C(=O)N3CCOC(CCN)C3)CC2)cc1.Cl. The van der Waals surface area contributed by atoms with Gasteiger partial charge in [0.25, 0.3) is 0 Å². The maximum atomic E-state index is 13.0. The van der Waals surface area contributed by atoms with E-state index in [2.05, 4.69) is 0 Å². The zero-order valence-electron chi connectivity index (χ0n) is 13.5. The van der Waals surface area contributed by atoms with Crippen LogP contribution in [0.5, 0.6) is 5.75 Å². The van der Waals surface area contributed by atoms with Crippen LogP contribution in [0.4, 0.5) is 0 Å². The van der Waals surface area contributed by atoms with Crippen LogP contribution < -0.4 is 10.5 Å². The molecule has 0 spiro atoms. The Hall–Kier alpha value is -1.30. The van der Waals surface area contributed by atoms with Gasteiger partial charge in [-0.3, -0.25) is 4.79 Å². The summed E-state index contributed by atoms with van der Waals surface area (Å²) in [6, 6.07) is 7.89. The van der Waals surface area contributed by atoms with Crippen molar-refractivity contribution in [1.29, 1.82) is 0 Å². The van der Waals surface area contributed by atoms with Crippen LogP contribution in [-0.2, 0) is 14.9 Å². The molecule has 128 valence electrons. The van der Waals surface area contributed by atoms with E-state index in [1.165, 1.54) is 0 Å². The second kappa shape index (κ2) is 7.51. The van der Waals surface area contributed by atoms with E-state index in [0.717, 1.165) is 30.6 Å². The van der Waals surface area contributed by atoms with E-state index in [-0.39, 0.29) is 29.8 Å². The minimum Gasteiger partial charge on any atom is -0.497 e. The highest BCUT2D eigenvalue weighted by Gasteiger charge is 2.53. The molecule has 0 aromatic heterocycles. The Balaban J connectivity index is 0.00000192. The molecule has 1 aliphatic heterocycles. The van der Waals surface area contributed by atoms with Gasteiger partial charge in [0.15, 0.2) is 0 Å². The number of benzene rings is 1. The number of carbonyl (C=O) groups excluding carboxylic acids is 1. The molecule has 2 aliphatic rings. The number of methoxy groups -OCH3 is 1. The van der Waals surface area contributed by atoms with Crippen molar-refractivity contribution in [2.24, 2.45) is 5.73 Å². The first-order valence-corrected chi connectivity index (χ1v) is 7.95. The summed E-state index contributed by atoms with van der Waals surface area (Å²) in [4.78, 5) is 15.0. The van der Waals surface area contributed by atoms with Crippen LogP contribution in [0.1, 0.15) is 24.8 Å². The van der Waals surface area contributed by atoms with Gasteiger partial charge in [0.05, 0.1) is 25.2 Å². The molecule has 1 aliphatic carbocycles. The predicted molar refractivity (Wildman–Crippen MR) is 91.1 cm³/mol. The summed E-state index contributed by atoms with van der Waals surface area (Å²) >= 11 is 0. The molecule has 5 nitrogen and oxygen atoms in total. The number of morpholine rings is 1.